The standard InChI is InChI=1S/C30H42F2N6O/c1-20(2)28-34-33-21(3)38(28)26-15-24-9-10-25(16-26)37(24)18-23-17-36(19-27(23)22-7-5-4-6-8-22)29(39)35-13-11-30(31,32)12-14-35/h4-8,20,23-27H,9-19H2,1-3H3/t23-,24-,25+,26?,27-/m1/s1. The smallest absolute Gasteiger partial charge is 0.320 e. The molecule has 4 aliphatic rings. The van der Waals surface area contributed by atoms with Crippen LogP contribution >= 0.6 is 0 Å². The third kappa shape index (κ3) is 5.19. The van der Waals surface area contributed by atoms with Gasteiger partial charge in [0.25, 0.3) is 5.92 Å². The number of likely N-dealkylation sites (tertiary alicyclic amines) is 2. The summed E-state index contributed by atoms with van der Waals surface area (Å²) < 4.78 is 29.9. The molecule has 0 N–H and O–H groups in total. The maximum Gasteiger partial charge on any atom is 0.320 e. The molecule has 1 aromatic carbocycles. The summed E-state index contributed by atoms with van der Waals surface area (Å²) in [5.74, 6) is 0.387. The molecule has 2 aromatic rings. The van der Waals surface area contributed by atoms with Gasteiger partial charge in [-0.15, -0.1) is 10.2 Å². The van der Waals surface area contributed by atoms with Crippen molar-refractivity contribution in [1.82, 2.24) is 29.5 Å². The van der Waals surface area contributed by atoms with Crippen molar-refractivity contribution in [3.8, 4) is 0 Å². The van der Waals surface area contributed by atoms with Gasteiger partial charge in [0.2, 0.25) is 0 Å². The van der Waals surface area contributed by atoms with Crippen LogP contribution in [0.2, 0.25) is 0 Å². The topological polar surface area (TPSA) is 57.5 Å². The number of fused-ring (bicyclic) bond motifs is 2. The molecular weight excluding hydrogens is 498 g/mol. The number of hydrogen-bond donors (Lipinski definition) is 0. The predicted octanol–water partition coefficient (Wildman–Crippen LogP) is 5.44. The Morgan fingerprint density at radius 2 is 1.64 bits per heavy atom. The van der Waals surface area contributed by atoms with E-state index in [4.69, 9.17) is 0 Å². The average molecular weight is 541 g/mol. The van der Waals surface area contributed by atoms with E-state index in [-0.39, 0.29) is 37.9 Å². The maximum atomic E-state index is 13.7. The molecule has 39 heavy (non-hydrogen) atoms. The van der Waals surface area contributed by atoms with Crippen molar-refractivity contribution in [1.29, 1.82) is 0 Å². The van der Waals surface area contributed by atoms with E-state index < -0.39 is 5.92 Å². The minimum absolute atomic E-state index is 0.0695. The fourth-order valence-electron chi connectivity index (χ4n) is 7.77. The number of rotatable bonds is 5. The molecule has 7 nitrogen and oxygen atoms in total. The van der Waals surface area contributed by atoms with E-state index in [0.717, 1.165) is 31.0 Å². The van der Waals surface area contributed by atoms with Crippen LogP contribution in [-0.4, -0.2) is 86.2 Å². The second-order valence-electron chi connectivity index (χ2n) is 12.6. The van der Waals surface area contributed by atoms with E-state index >= 15 is 0 Å². The Bertz CT molecular complexity index is 1150. The Morgan fingerprint density at radius 1 is 0.974 bits per heavy atom. The lowest BCUT2D eigenvalue weighted by molar-refractivity contribution is -0.0489. The first-order valence-electron chi connectivity index (χ1n) is 14.8. The number of urea groups is 1. The minimum Gasteiger partial charge on any atom is -0.324 e. The number of piperidine rings is 2. The summed E-state index contributed by atoms with van der Waals surface area (Å²) in [4.78, 5) is 19.8. The number of aromatic nitrogens is 3. The normalized spacial score (nSPS) is 30.9. The zero-order chi connectivity index (χ0) is 27.3. The fourth-order valence-corrected chi connectivity index (χ4v) is 7.77. The first-order valence-corrected chi connectivity index (χ1v) is 14.8. The Hall–Kier alpha value is -2.55. The van der Waals surface area contributed by atoms with Crippen molar-refractivity contribution in [2.45, 2.75) is 95.2 Å². The Morgan fingerprint density at radius 3 is 2.28 bits per heavy atom. The minimum atomic E-state index is -2.65. The SMILES string of the molecule is Cc1nnc(C(C)C)n1C1C[C@H]2CC[C@@H](C1)N2C[C@H]1CN(C(=O)N2CCC(F)(F)CC2)C[C@@H]1c1ccccc1. The van der Waals surface area contributed by atoms with E-state index in [0.29, 0.717) is 43.1 Å². The number of aryl methyl sites for hydroxylation is 1. The molecule has 1 unspecified atom stereocenters. The molecule has 6 rings (SSSR count). The molecular formula is C30H42F2N6O. The summed E-state index contributed by atoms with van der Waals surface area (Å²) in [6.45, 7) is 9.05. The zero-order valence-electron chi connectivity index (χ0n) is 23.5. The number of hydrogen-bond acceptors (Lipinski definition) is 4. The van der Waals surface area contributed by atoms with Gasteiger partial charge in [-0.05, 0) is 44.1 Å². The molecule has 1 aromatic heterocycles. The van der Waals surface area contributed by atoms with Crippen molar-refractivity contribution < 1.29 is 13.6 Å². The van der Waals surface area contributed by atoms with Crippen LogP contribution in [0.4, 0.5) is 13.6 Å². The highest BCUT2D eigenvalue weighted by molar-refractivity contribution is 5.75. The van der Waals surface area contributed by atoms with Gasteiger partial charge in [-0.3, -0.25) is 4.90 Å². The molecule has 0 saturated carbocycles. The molecule has 5 heterocycles. The van der Waals surface area contributed by atoms with Crippen LogP contribution in [0.3, 0.4) is 0 Å². The Kier molecular flexibility index (Phi) is 7.14. The van der Waals surface area contributed by atoms with Crippen molar-refractivity contribution in [2.24, 2.45) is 5.92 Å². The predicted molar refractivity (Wildman–Crippen MR) is 146 cm³/mol. The lowest BCUT2D eigenvalue weighted by atomic mass is 9.87. The maximum absolute atomic E-state index is 13.7. The van der Waals surface area contributed by atoms with E-state index in [1.165, 1.54) is 18.4 Å². The fraction of sp³-hybridized carbons (Fsp3) is 0.700. The van der Waals surface area contributed by atoms with Gasteiger partial charge in [-0.25, -0.2) is 13.6 Å². The summed E-state index contributed by atoms with van der Waals surface area (Å²) in [5, 5.41) is 8.91. The summed E-state index contributed by atoms with van der Waals surface area (Å²) in [7, 11) is 0. The van der Waals surface area contributed by atoms with Crippen molar-refractivity contribution in [3.05, 3.63) is 47.5 Å². The van der Waals surface area contributed by atoms with Crippen molar-refractivity contribution in [3.63, 3.8) is 0 Å². The molecule has 4 aliphatic heterocycles. The van der Waals surface area contributed by atoms with Crippen LogP contribution in [0, 0.1) is 12.8 Å². The number of halogens is 2. The van der Waals surface area contributed by atoms with E-state index in [2.05, 4.69) is 64.7 Å². The average Bonchev–Trinajstić information content (AvgIpc) is 3.58. The van der Waals surface area contributed by atoms with Crippen LogP contribution in [0.15, 0.2) is 30.3 Å². The molecule has 0 spiro atoms. The van der Waals surface area contributed by atoms with Crippen molar-refractivity contribution in [2.75, 3.05) is 32.7 Å². The first-order chi connectivity index (χ1) is 18.7. The highest BCUT2D eigenvalue weighted by Gasteiger charge is 2.46. The van der Waals surface area contributed by atoms with Gasteiger partial charge < -0.3 is 14.4 Å². The lowest BCUT2D eigenvalue weighted by Crippen LogP contribution is -2.49. The van der Waals surface area contributed by atoms with Gasteiger partial charge in [0, 0.05) is 75.5 Å². The van der Waals surface area contributed by atoms with E-state index in [9.17, 15) is 13.6 Å². The van der Waals surface area contributed by atoms with Crippen LogP contribution in [0.5, 0.6) is 0 Å². The molecule has 5 atom stereocenters. The number of carbonyl (C=O) groups is 1. The molecule has 4 saturated heterocycles. The summed E-state index contributed by atoms with van der Waals surface area (Å²) in [5.41, 5.74) is 1.27. The van der Waals surface area contributed by atoms with Crippen LogP contribution in [0.25, 0.3) is 0 Å². The van der Waals surface area contributed by atoms with Gasteiger partial charge in [0.1, 0.15) is 11.6 Å². The largest absolute Gasteiger partial charge is 0.324 e. The second-order valence-corrected chi connectivity index (χ2v) is 12.6. The highest BCUT2D eigenvalue weighted by Crippen LogP contribution is 2.44. The quantitative estimate of drug-likeness (QED) is 0.507. The molecule has 212 valence electrons. The summed E-state index contributed by atoms with van der Waals surface area (Å²) >= 11 is 0. The third-order valence-electron chi connectivity index (χ3n) is 9.78. The molecule has 2 bridgehead atoms. The highest BCUT2D eigenvalue weighted by atomic mass is 19.3. The van der Waals surface area contributed by atoms with Crippen LogP contribution in [-0.2, 0) is 0 Å². The molecule has 0 radical (unpaired) electrons. The van der Waals surface area contributed by atoms with Gasteiger partial charge in [0.15, 0.2) is 0 Å². The molecule has 9 heteroatoms. The van der Waals surface area contributed by atoms with E-state index in [1.807, 2.05) is 11.0 Å². The van der Waals surface area contributed by atoms with Crippen LogP contribution in [0.1, 0.15) is 87.5 Å². The monoisotopic (exact) mass is 540 g/mol. The third-order valence-corrected chi connectivity index (χ3v) is 9.78. The zero-order valence-corrected chi connectivity index (χ0v) is 23.5. The Labute approximate surface area is 230 Å². The molecule has 0 aliphatic carbocycles. The van der Waals surface area contributed by atoms with Gasteiger partial charge >= 0.3 is 6.03 Å². The Balaban J connectivity index is 1.17. The van der Waals surface area contributed by atoms with Gasteiger partial charge in [-0.1, -0.05) is 44.2 Å². The number of nitrogens with zero attached hydrogens (tertiary/aromatic N) is 6. The summed E-state index contributed by atoms with van der Waals surface area (Å²) in [6, 6.07) is 12.0. The molecule has 4 fully saturated rings. The van der Waals surface area contributed by atoms with Gasteiger partial charge in [0.05, 0.1) is 0 Å². The second kappa shape index (κ2) is 10.5. The van der Waals surface area contributed by atoms with Gasteiger partial charge in [-0.2, -0.15) is 0 Å². The van der Waals surface area contributed by atoms with E-state index in [1.54, 1.807) is 4.90 Å². The number of amides is 2. The number of carbonyl (C=O) groups excluding carboxylic acids is 1. The van der Waals surface area contributed by atoms with Crippen LogP contribution < -0.4 is 0 Å². The number of benzene rings is 1. The first kappa shape index (κ1) is 26.7. The summed E-state index contributed by atoms with van der Waals surface area (Å²) in [6.07, 6.45) is 4.19. The molecule has 2 amide bonds. The van der Waals surface area contributed by atoms with Crippen molar-refractivity contribution >= 4 is 6.03 Å². The number of alkyl halides is 2. The lowest BCUT2D eigenvalue weighted by Gasteiger charge is -2.42.